The molecule has 0 aliphatic heterocycles. The number of ether oxygens (including phenoxy) is 2. The largest absolute Gasteiger partial charge is 0.461 e. The summed E-state index contributed by atoms with van der Waals surface area (Å²) in [5.41, 5.74) is 0.131. The second kappa shape index (κ2) is 16.7. The molecule has 0 bridgehead atoms. The summed E-state index contributed by atoms with van der Waals surface area (Å²) in [5.74, 6) is -0.00721. The fourth-order valence-electron chi connectivity index (χ4n) is 5.34. The lowest BCUT2D eigenvalue weighted by molar-refractivity contribution is -0.138. The molecule has 3 rings (SSSR count). The highest BCUT2D eigenvalue weighted by Gasteiger charge is 2.18. The van der Waals surface area contributed by atoms with Crippen LogP contribution in [0.1, 0.15) is 79.1 Å². The molecular formula is C36H44N2O4. The lowest BCUT2D eigenvalue weighted by Crippen LogP contribution is -2.23. The molecule has 0 fully saturated rings. The van der Waals surface area contributed by atoms with E-state index in [4.69, 9.17) is 9.47 Å². The molecule has 6 heteroatoms. The summed E-state index contributed by atoms with van der Waals surface area (Å²) in [6.45, 7) is 9.17. The molecule has 1 N–H and O–H groups in total. The zero-order valence-electron chi connectivity index (χ0n) is 25.5. The quantitative estimate of drug-likeness (QED) is 0.125. The van der Waals surface area contributed by atoms with Gasteiger partial charge in [0.25, 0.3) is 0 Å². The van der Waals surface area contributed by atoms with Crippen LogP contribution >= 0.6 is 0 Å². The number of aliphatic hydroxyl groups is 1. The zero-order chi connectivity index (χ0) is 30.5. The van der Waals surface area contributed by atoms with Crippen LogP contribution in [-0.2, 0) is 14.3 Å². The van der Waals surface area contributed by atoms with Crippen LogP contribution in [0.4, 0.5) is 0 Å². The number of esters is 1. The average molecular weight is 569 g/mol. The van der Waals surface area contributed by atoms with Crippen molar-refractivity contribution in [3.8, 4) is 12.1 Å². The Hall–Kier alpha value is -3.71. The van der Waals surface area contributed by atoms with E-state index in [1.54, 1.807) is 12.1 Å². The van der Waals surface area contributed by atoms with Crippen molar-refractivity contribution in [2.45, 2.75) is 85.4 Å². The Morgan fingerprint density at radius 2 is 1.36 bits per heavy atom. The van der Waals surface area contributed by atoms with Gasteiger partial charge in [0.1, 0.15) is 17.7 Å². The summed E-state index contributed by atoms with van der Waals surface area (Å²) in [7, 11) is 0. The third kappa shape index (κ3) is 8.19. The molecule has 0 saturated heterocycles. The fraction of sp³-hybridized carbons (Fsp3) is 0.472. The number of benzene rings is 3. The third-order valence-corrected chi connectivity index (χ3v) is 8.15. The Morgan fingerprint density at radius 1 is 0.810 bits per heavy atom. The predicted octanol–water partition coefficient (Wildman–Crippen LogP) is 6.65. The van der Waals surface area contributed by atoms with Crippen LogP contribution in [0, 0.1) is 34.5 Å². The van der Waals surface area contributed by atoms with Crippen LogP contribution in [0.5, 0.6) is 0 Å². The van der Waals surface area contributed by atoms with E-state index in [9.17, 15) is 20.4 Å². The number of carbonyl (C=O) groups excluding carboxylic acids is 1. The predicted molar refractivity (Wildman–Crippen MR) is 168 cm³/mol. The zero-order valence-corrected chi connectivity index (χ0v) is 25.5. The maximum Gasteiger partial charge on any atom is 0.349 e. The van der Waals surface area contributed by atoms with Crippen molar-refractivity contribution in [2.24, 2.45) is 11.8 Å². The molecule has 0 radical (unpaired) electrons. The van der Waals surface area contributed by atoms with Crippen LogP contribution in [0.25, 0.3) is 32.7 Å². The molecule has 222 valence electrons. The molecule has 0 saturated carbocycles. The van der Waals surface area contributed by atoms with E-state index < -0.39 is 12.3 Å². The van der Waals surface area contributed by atoms with E-state index in [2.05, 4.69) is 39.8 Å². The van der Waals surface area contributed by atoms with Gasteiger partial charge in [-0.1, -0.05) is 103 Å². The van der Waals surface area contributed by atoms with Crippen molar-refractivity contribution in [2.75, 3.05) is 13.2 Å². The number of fused-ring (bicyclic) bond motifs is 2. The Kier molecular flexibility index (Phi) is 13.0. The first-order chi connectivity index (χ1) is 20.4. The van der Waals surface area contributed by atoms with Gasteiger partial charge in [-0.3, -0.25) is 0 Å². The molecule has 0 aliphatic rings. The summed E-state index contributed by atoms with van der Waals surface area (Å²) in [6.07, 6.45) is 6.92. The van der Waals surface area contributed by atoms with Gasteiger partial charge in [0.15, 0.2) is 6.29 Å². The molecule has 0 heterocycles. The monoisotopic (exact) mass is 568 g/mol. The van der Waals surface area contributed by atoms with E-state index in [-0.39, 0.29) is 17.1 Å². The number of unbranched alkanes of at least 4 members (excludes halogenated alkanes) is 2. The first-order valence-corrected chi connectivity index (χ1v) is 15.4. The van der Waals surface area contributed by atoms with Gasteiger partial charge in [-0.25, -0.2) is 4.79 Å². The highest BCUT2D eigenvalue weighted by Crippen LogP contribution is 2.21. The van der Waals surface area contributed by atoms with E-state index in [0.29, 0.717) is 29.6 Å². The highest BCUT2D eigenvalue weighted by molar-refractivity contribution is 6.17. The van der Waals surface area contributed by atoms with Crippen molar-refractivity contribution >= 4 is 38.7 Å². The number of nitrogens with zero attached hydrogens (tertiary/aromatic N) is 2. The van der Waals surface area contributed by atoms with Crippen molar-refractivity contribution in [3.63, 3.8) is 0 Å². The third-order valence-electron chi connectivity index (χ3n) is 8.15. The van der Waals surface area contributed by atoms with Crippen LogP contribution in [0.15, 0.2) is 48.5 Å². The van der Waals surface area contributed by atoms with Crippen LogP contribution in [0.3, 0.4) is 0 Å². The molecule has 42 heavy (non-hydrogen) atoms. The molecular weight excluding hydrogens is 524 g/mol. The summed E-state index contributed by atoms with van der Waals surface area (Å²) in [4.78, 5) is 13.1. The standard InChI is InChI=1S/C36H44N2O4/c1-5-9-13-25(7-3)23-41-35(39)33(21-37)29-17-11-15-27-20-32-28(19-31(27)29)16-12-18-30(32)34(22-38)36(40)42-24-26(8-4)14-10-6-2/h11-12,15-20,25-26,35,39H,5-10,13-14,23-24H2,1-4H3/b33-29+,34-30+. The number of rotatable bonds is 15. The number of aliphatic hydroxyl groups excluding tert-OH is 1. The number of nitriles is 2. The number of carbonyl (C=O) groups is 1. The Bertz CT molecular complexity index is 1560. The summed E-state index contributed by atoms with van der Waals surface area (Å²) >= 11 is 0. The van der Waals surface area contributed by atoms with Crippen LogP contribution in [-0.4, -0.2) is 30.6 Å². The maximum absolute atomic E-state index is 13.1. The molecule has 3 aromatic rings. The van der Waals surface area contributed by atoms with E-state index in [0.717, 1.165) is 72.9 Å². The minimum atomic E-state index is -1.34. The molecule has 0 amide bonds. The van der Waals surface area contributed by atoms with Crippen LogP contribution < -0.4 is 10.4 Å². The van der Waals surface area contributed by atoms with Gasteiger partial charge >= 0.3 is 5.97 Å². The molecule has 6 nitrogen and oxygen atoms in total. The van der Waals surface area contributed by atoms with Crippen molar-refractivity contribution in [3.05, 3.63) is 59.0 Å². The Morgan fingerprint density at radius 3 is 1.88 bits per heavy atom. The Balaban J connectivity index is 2.05. The molecule has 3 unspecified atom stereocenters. The second-order valence-corrected chi connectivity index (χ2v) is 11.0. The summed E-state index contributed by atoms with van der Waals surface area (Å²) in [5, 5.41) is 35.2. The number of hydrogen-bond donors (Lipinski definition) is 1. The minimum absolute atomic E-state index is 0.0249. The highest BCUT2D eigenvalue weighted by atomic mass is 16.6. The van der Waals surface area contributed by atoms with Gasteiger partial charge in [0.2, 0.25) is 0 Å². The van der Waals surface area contributed by atoms with Crippen molar-refractivity contribution < 1.29 is 19.4 Å². The lowest BCUT2D eigenvalue weighted by atomic mass is 9.97. The topological polar surface area (TPSA) is 103 Å². The molecule has 0 aromatic heterocycles. The van der Waals surface area contributed by atoms with Gasteiger partial charge in [-0.15, -0.1) is 0 Å². The van der Waals surface area contributed by atoms with Crippen molar-refractivity contribution in [1.29, 1.82) is 10.5 Å². The smallest absolute Gasteiger partial charge is 0.349 e. The first kappa shape index (κ1) is 32.8. The second-order valence-electron chi connectivity index (χ2n) is 11.0. The Labute approximate surface area is 249 Å². The fourth-order valence-corrected chi connectivity index (χ4v) is 5.34. The number of hydrogen-bond acceptors (Lipinski definition) is 6. The van der Waals surface area contributed by atoms with Gasteiger partial charge < -0.3 is 14.6 Å². The summed E-state index contributed by atoms with van der Waals surface area (Å²) in [6, 6.07) is 19.1. The molecule has 0 aliphatic carbocycles. The molecule has 3 atom stereocenters. The minimum Gasteiger partial charge on any atom is -0.461 e. The average Bonchev–Trinajstić information content (AvgIpc) is 3.01. The van der Waals surface area contributed by atoms with E-state index in [1.807, 2.05) is 36.4 Å². The maximum atomic E-state index is 13.1. The lowest BCUT2D eigenvalue weighted by Gasteiger charge is -2.18. The van der Waals surface area contributed by atoms with Gasteiger partial charge in [-0.05, 0) is 58.4 Å². The van der Waals surface area contributed by atoms with Gasteiger partial charge in [-0.2, -0.15) is 10.5 Å². The normalized spacial score (nSPS) is 14.9. The molecule has 0 spiro atoms. The van der Waals surface area contributed by atoms with Gasteiger partial charge in [0, 0.05) is 10.4 Å². The SMILES string of the molecule is CCCCC(CC)COC(=O)/C(C#N)=c1\cccc2cc3/c(=C(\C#N)C(O)OCC(CC)CCCC)cccc3cc12. The van der Waals surface area contributed by atoms with E-state index in [1.165, 1.54) is 0 Å². The van der Waals surface area contributed by atoms with E-state index >= 15 is 0 Å². The van der Waals surface area contributed by atoms with Crippen LogP contribution in [0.2, 0.25) is 0 Å². The molecule has 3 aromatic carbocycles. The first-order valence-electron chi connectivity index (χ1n) is 15.4. The van der Waals surface area contributed by atoms with Gasteiger partial charge in [0.05, 0.1) is 18.8 Å². The van der Waals surface area contributed by atoms with Crippen molar-refractivity contribution in [1.82, 2.24) is 0 Å². The summed E-state index contributed by atoms with van der Waals surface area (Å²) < 4.78 is 11.4.